The van der Waals surface area contributed by atoms with Gasteiger partial charge < -0.3 is 13.9 Å². The molecule has 0 atom stereocenters. The SMILES string of the molecule is Cc1cc(B2OCC(C)(C)CO2)cc(C)c1-n1c2cc(C(F)(F)F)ccc2c2ccc(C(F)(F)F)cc21. The first-order chi connectivity index (χ1) is 17.2. The Morgan fingerprint density at radius 1 is 0.730 bits per heavy atom. The molecule has 3 nitrogen and oxygen atoms in total. The number of aryl methyl sites for hydroxylation is 2. The fourth-order valence-corrected chi connectivity index (χ4v) is 4.98. The molecule has 5 rings (SSSR count). The van der Waals surface area contributed by atoms with Crippen molar-refractivity contribution in [3.05, 3.63) is 70.8 Å². The molecule has 0 spiro atoms. The van der Waals surface area contributed by atoms with Crippen LogP contribution in [0.1, 0.15) is 36.1 Å². The quantitative estimate of drug-likeness (QED) is 0.207. The molecule has 4 aromatic rings. The van der Waals surface area contributed by atoms with Gasteiger partial charge in [-0.15, -0.1) is 0 Å². The van der Waals surface area contributed by atoms with E-state index in [1.54, 1.807) is 13.8 Å². The molecular weight excluding hydrogens is 495 g/mol. The molecule has 1 aliphatic rings. The number of hydrogen-bond donors (Lipinski definition) is 0. The van der Waals surface area contributed by atoms with E-state index in [2.05, 4.69) is 0 Å². The fraction of sp³-hybridized carbons (Fsp3) is 0.333. The number of hydrogen-bond acceptors (Lipinski definition) is 2. The zero-order valence-electron chi connectivity index (χ0n) is 20.6. The standard InChI is InChI=1S/C27H24BF6NO2/c1-15-9-19(28-36-13-25(3,4)14-37-28)10-16(2)24(15)35-22-11-17(26(29,30)31)5-7-20(22)21-8-6-18(12-23(21)35)27(32,33)34/h5-12H,13-14H2,1-4H3. The van der Waals surface area contributed by atoms with Crippen LogP contribution in [0.3, 0.4) is 0 Å². The average molecular weight is 519 g/mol. The lowest BCUT2D eigenvalue weighted by atomic mass is 9.74. The van der Waals surface area contributed by atoms with E-state index in [4.69, 9.17) is 9.31 Å². The highest BCUT2D eigenvalue weighted by molar-refractivity contribution is 6.61. The van der Waals surface area contributed by atoms with Gasteiger partial charge in [0, 0.05) is 29.4 Å². The molecule has 1 saturated heterocycles. The normalized spacial score (nSPS) is 16.6. The first-order valence-electron chi connectivity index (χ1n) is 11.7. The Bertz CT molecular complexity index is 1420. The highest BCUT2D eigenvalue weighted by Crippen LogP contribution is 2.40. The maximum absolute atomic E-state index is 13.6. The molecule has 0 aliphatic carbocycles. The van der Waals surface area contributed by atoms with E-state index in [0.29, 0.717) is 40.8 Å². The summed E-state index contributed by atoms with van der Waals surface area (Å²) in [5.74, 6) is 0. The summed E-state index contributed by atoms with van der Waals surface area (Å²) in [6.07, 6.45) is -9.21. The van der Waals surface area contributed by atoms with Crippen molar-refractivity contribution in [3.8, 4) is 5.69 Å². The van der Waals surface area contributed by atoms with Crippen LogP contribution in [0.4, 0.5) is 26.3 Å². The lowest BCUT2D eigenvalue weighted by Gasteiger charge is -2.33. The van der Waals surface area contributed by atoms with Crippen molar-refractivity contribution in [2.75, 3.05) is 13.2 Å². The summed E-state index contributed by atoms with van der Waals surface area (Å²) >= 11 is 0. The van der Waals surface area contributed by atoms with Crippen LogP contribution in [-0.4, -0.2) is 24.9 Å². The smallest absolute Gasteiger partial charge is 0.407 e. The van der Waals surface area contributed by atoms with Crippen molar-refractivity contribution in [2.45, 2.75) is 40.0 Å². The van der Waals surface area contributed by atoms with Crippen LogP contribution >= 0.6 is 0 Å². The number of aromatic nitrogens is 1. The van der Waals surface area contributed by atoms with Gasteiger partial charge >= 0.3 is 19.5 Å². The minimum absolute atomic E-state index is 0.129. The predicted octanol–water partition coefficient (Wildman–Crippen LogP) is 7.21. The van der Waals surface area contributed by atoms with Crippen molar-refractivity contribution >= 4 is 34.4 Å². The summed E-state index contributed by atoms with van der Waals surface area (Å²) in [7, 11) is -0.605. The van der Waals surface area contributed by atoms with Crippen molar-refractivity contribution < 1.29 is 35.7 Å². The van der Waals surface area contributed by atoms with Gasteiger partial charge in [0.2, 0.25) is 0 Å². The Morgan fingerprint density at radius 3 is 1.57 bits per heavy atom. The molecule has 194 valence electrons. The first kappa shape index (κ1) is 25.7. The zero-order chi connectivity index (χ0) is 26.9. The van der Waals surface area contributed by atoms with Gasteiger partial charge in [-0.2, -0.15) is 26.3 Å². The van der Waals surface area contributed by atoms with Crippen LogP contribution in [0.5, 0.6) is 0 Å². The fourth-order valence-electron chi connectivity index (χ4n) is 4.98. The topological polar surface area (TPSA) is 23.4 Å². The van der Waals surface area contributed by atoms with Gasteiger partial charge in [0.05, 0.1) is 27.8 Å². The summed E-state index contributed by atoms with van der Waals surface area (Å²) in [5, 5.41) is 0.863. The Hall–Kier alpha value is -2.98. The van der Waals surface area contributed by atoms with E-state index in [1.165, 1.54) is 16.7 Å². The third kappa shape index (κ3) is 4.61. The van der Waals surface area contributed by atoms with Crippen LogP contribution in [0.25, 0.3) is 27.5 Å². The van der Waals surface area contributed by atoms with Gasteiger partial charge in [-0.05, 0) is 54.7 Å². The van der Waals surface area contributed by atoms with E-state index in [1.807, 2.05) is 26.0 Å². The highest BCUT2D eigenvalue weighted by Gasteiger charge is 2.35. The maximum atomic E-state index is 13.6. The van der Waals surface area contributed by atoms with Gasteiger partial charge in [-0.3, -0.25) is 0 Å². The molecule has 0 N–H and O–H groups in total. The number of rotatable bonds is 2. The molecule has 0 radical (unpaired) electrons. The second-order valence-electron chi connectivity index (χ2n) is 10.4. The van der Waals surface area contributed by atoms with Crippen LogP contribution < -0.4 is 5.46 Å². The van der Waals surface area contributed by atoms with E-state index in [0.717, 1.165) is 29.7 Å². The largest absolute Gasteiger partial charge is 0.493 e. The average Bonchev–Trinajstić information content (AvgIpc) is 3.10. The zero-order valence-corrected chi connectivity index (χ0v) is 20.6. The number of benzene rings is 3. The number of nitrogens with zero attached hydrogens (tertiary/aromatic N) is 1. The number of halogens is 6. The molecule has 37 heavy (non-hydrogen) atoms. The molecule has 10 heteroatoms. The molecule has 1 aliphatic heterocycles. The van der Waals surface area contributed by atoms with Crippen LogP contribution in [0, 0.1) is 19.3 Å². The third-order valence-corrected chi connectivity index (χ3v) is 6.68. The molecule has 0 amide bonds. The van der Waals surface area contributed by atoms with Gasteiger partial charge in [0.15, 0.2) is 0 Å². The van der Waals surface area contributed by atoms with Gasteiger partial charge in [-0.25, -0.2) is 0 Å². The molecule has 2 heterocycles. The summed E-state index contributed by atoms with van der Waals surface area (Å²) in [4.78, 5) is 0. The van der Waals surface area contributed by atoms with E-state index >= 15 is 0 Å². The molecule has 1 fully saturated rings. The Kier molecular flexibility index (Phi) is 5.91. The molecule has 0 saturated carbocycles. The van der Waals surface area contributed by atoms with Gasteiger partial charge in [-0.1, -0.05) is 38.1 Å². The molecule has 0 bridgehead atoms. The van der Waals surface area contributed by atoms with Gasteiger partial charge in [0.25, 0.3) is 0 Å². The maximum Gasteiger partial charge on any atom is 0.493 e. The summed E-state index contributed by atoms with van der Waals surface area (Å²) in [6.45, 7) is 8.58. The van der Waals surface area contributed by atoms with Crippen molar-refractivity contribution in [1.29, 1.82) is 0 Å². The van der Waals surface area contributed by atoms with Crippen molar-refractivity contribution in [3.63, 3.8) is 0 Å². The molecule has 0 unspecified atom stereocenters. The lowest BCUT2D eigenvalue weighted by Crippen LogP contribution is -2.47. The van der Waals surface area contributed by atoms with Crippen LogP contribution in [0.2, 0.25) is 0 Å². The number of fused-ring (bicyclic) bond motifs is 3. The predicted molar refractivity (Wildman–Crippen MR) is 131 cm³/mol. The molecule has 3 aromatic carbocycles. The Labute approximate surface area is 210 Å². The summed E-state index contributed by atoms with van der Waals surface area (Å²) in [6, 6.07) is 10.1. The third-order valence-electron chi connectivity index (χ3n) is 6.68. The second-order valence-corrected chi connectivity index (χ2v) is 10.4. The monoisotopic (exact) mass is 519 g/mol. The number of alkyl halides is 6. The molecular formula is C27H24BF6NO2. The minimum atomic E-state index is -4.61. The van der Waals surface area contributed by atoms with E-state index in [9.17, 15) is 26.3 Å². The highest BCUT2D eigenvalue weighted by atomic mass is 19.4. The Balaban J connectivity index is 1.76. The summed E-state index contributed by atoms with van der Waals surface area (Å²) in [5.41, 5.74) is 1.06. The van der Waals surface area contributed by atoms with Crippen LogP contribution in [-0.2, 0) is 21.7 Å². The second kappa shape index (κ2) is 8.53. The van der Waals surface area contributed by atoms with Gasteiger partial charge in [0.1, 0.15) is 0 Å². The summed E-state index contributed by atoms with van der Waals surface area (Å²) < 4.78 is 94.9. The Morgan fingerprint density at radius 2 is 1.16 bits per heavy atom. The first-order valence-corrected chi connectivity index (χ1v) is 11.7. The minimum Gasteiger partial charge on any atom is -0.407 e. The van der Waals surface area contributed by atoms with Crippen molar-refractivity contribution in [2.24, 2.45) is 5.41 Å². The van der Waals surface area contributed by atoms with Crippen LogP contribution in [0.15, 0.2) is 48.5 Å². The van der Waals surface area contributed by atoms with Crippen molar-refractivity contribution in [1.82, 2.24) is 4.57 Å². The van der Waals surface area contributed by atoms with E-state index < -0.39 is 30.6 Å². The lowest BCUT2D eigenvalue weighted by molar-refractivity contribution is -0.138. The van der Waals surface area contributed by atoms with E-state index in [-0.39, 0.29) is 16.4 Å². The molecule has 1 aromatic heterocycles.